The summed E-state index contributed by atoms with van der Waals surface area (Å²) in [6, 6.07) is 7.72. The number of carbonyl (C=O) groups is 1. The minimum atomic E-state index is 0.00644. The molecule has 0 atom stereocenters. The number of para-hydroxylation sites is 2. The Morgan fingerprint density at radius 1 is 1.26 bits per heavy atom. The van der Waals surface area contributed by atoms with E-state index in [1.165, 1.54) is 0 Å². The molecule has 1 aliphatic rings. The maximum Gasteiger partial charge on any atom is 0.289 e. The van der Waals surface area contributed by atoms with Gasteiger partial charge in [-0.05, 0) is 18.7 Å². The number of nitrogens with one attached hydrogen (secondary N) is 1. The van der Waals surface area contributed by atoms with Gasteiger partial charge in [-0.15, -0.1) is 0 Å². The first kappa shape index (κ1) is 12.2. The summed E-state index contributed by atoms with van der Waals surface area (Å²) >= 11 is 0. The van der Waals surface area contributed by atoms with E-state index >= 15 is 0 Å². The molecule has 1 N–H and O–H groups in total. The van der Waals surface area contributed by atoms with Gasteiger partial charge in [-0.3, -0.25) is 4.79 Å². The molecular weight excluding hydrogens is 240 g/mol. The Balaban J connectivity index is 1.77. The first-order valence-electron chi connectivity index (χ1n) is 6.74. The Hall–Kier alpha value is -1.88. The molecule has 0 spiro atoms. The molecule has 1 aliphatic heterocycles. The summed E-state index contributed by atoms with van der Waals surface area (Å²) in [5.74, 6) is 0.457. The SMILES string of the molecule is CCN1CCN(C(=O)c2nc3ccccc3[nH]2)CC1. The summed E-state index contributed by atoms with van der Waals surface area (Å²) in [6.07, 6.45) is 0. The molecule has 100 valence electrons. The number of benzene rings is 1. The van der Waals surface area contributed by atoms with Gasteiger partial charge in [0.1, 0.15) is 0 Å². The van der Waals surface area contributed by atoms with E-state index in [-0.39, 0.29) is 5.91 Å². The highest BCUT2D eigenvalue weighted by Gasteiger charge is 2.23. The van der Waals surface area contributed by atoms with Gasteiger partial charge in [-0.1, -0.05) is 19.1 Å². The number of imidazole rings is 1. The van der Waals surface area contributed by atoms with Crippen molar-refractivity contribution < 1.29 is 4.79 Å². The molecule has 0 bridgehead atoms. The molecule has 3 rings (SSSR count). The van der Waals surface area contributed by atoms with Crippen LogP contribution in [-0.4, -0.2) is 58.4 Å². The van der Waals surface area contributed by atoms with Crippen LogP contribution < -0.4 is 0 Å². The predicted octanol–water partition coefficient (Wildman–Crippen LogP) is 1.34. The fourth-order valence-corrected chi connectivity index (χ4v) is 2.47. The highest BCUT2D eigenvalue weighted by atomic mass is 16.2. The standard InChI is InChI=1S/C14H18N4O/c1-2-17-7-9-18(10-8-17)14(19)13-15-11-5-3-4-6-12(11)16-13/h3-6H,2,7-10H2,1H3,(H,15,16). The number of nitrogens with zero attached hydrogens (tertiary/aromatic N) is 3. The van der Waals surface area contributed by atoms with Crippen LogP contribution in [0.1, 0.15) is 17.5 Å². The van der Waals surface area contributed by atoms with Crippen molar-refractivity contribution in [3.8, 4) is 0 Å². The zero-order valence-electron chi connectivity index (χ0n) is 11.1. The Kier molecular flexibility index (Phi) is 3.21. The summed E-state index contributed by atoms with van der Waals surface area (Å²) in [5.41, 5.74) is 1.76. The number of aromatic nitrogens is 2. The quantitative estimate of drug-likeness (QED) is 0.884. The zero-order valence-corrected chi connectivity index (χ0v) is 11.1. The van der Waals surface area contributed by atoms with Gasteiger partial charge in [0, 0.05) is 26.2 Å². The molecule has 0 aliphatic carbocycles. The Labute approximate surface area is 112 Å². The van der Waals surface area contributed by atoms with Crippen LogP contribution in [0.25, 0.3) is 11.0 Å². The smallest absolute Gasteiger partial charge is 0.289 e. The number of hydrogen-bond acceptors (Lipinski definition) is 3. The number of H-pyrrole nitrogens is 1. The van der Waals surface area contributed by atoms with Crippen molar-refractivity contribution in [3.05, 3.63) is 30.1 Å². The minimum absolute atomic E-state index is 0.00644. The maximum absolute atomic E-state index is 12.4. The highest BCUT2D eigenvalue weighted by Crippen LogP contribution is 2.12. The minimum Gasteiger partial charge on any atom is -0.334 e. The van der Waals surface area contributed by atoms with Crippen LogP contribution in [0.5, 0.6) is 0 Å². The number of hydrogen-bond donors (Lipinski definition) is 1. The van der Waals surface area contributed by atoms with E-state index < -0.39 is 0 Å². The molecule has 5 heteroatoms. The van der Waals surface area contributed by atoms with Crippen molar-refractivity contribution in [3.63, 3.8) is 0 Å². The van der Waals surface area contributed by atoms with Crippen LogP contribution in [0, 0.1) is 0 Å². The van der Waals surface area contributed by atoms with Crippen LogP contribution in [0.3, 0.4) is 0 Å². The van der Waals surface area contributed by atoms with Gasteiger partial charge in [0.05, 0.1) is 11.0 Å². The van der Waals surface area contributed by atoms with E-state index in [0.717, 1.165) is 43.8 Å². The monoisotopic (exact) mass is 258 g/mol. The fourth-order valence-electron chi connectivity index (χ4n) is 2.47. The molecule has 2 heterocycles. The third kappa shape index (κ3) is 2.33. The van der Waals surface area contributed by atoms with Crippen LogP contribution in [0.15, 0.2) is 24.3 Å². The average molecular weight is 258 g/mol. The summed E-state index contributed by atoms with van der Waals surface area (Å²) < 4.78 is 0. The Morgan fingerprint density at radius 2 is 2.00 bits per heavy atom. The first-order valence-corrected chi connectivity index (χ1v) is 6.74. The summed E-state index contributed by atoms with van der Waals surface area (Å²) in [7, 11) is 0. The van der Waals surface area contributed by atoms with Gasteiger partial charge < -0.3 is 14.8 Å². The first-order chi connectivity index (χ1) is 9.28. The second kappa shape index (κ2) is 5.01. The van der Waals surface area contributed by atoms with E-state index in [0.29, 0.717) is 5.82 Å². The van der Waals surface area contributed by atoms with E-state index in [1.54, 1.807) is 0 Å². The van der Waals surface area contributed by atoms with Crippen LogP contribution in [0.4, 0.5) is 0 Å². The van der Waals surface area contributed by atoms with Gasteiger partial charge >= 0.3 is 0 Å². The second-order valence-electron chi connectivity index (χ2n) is 4.83. The lowest BCUT2D eigenvalue weighted by molar-refractivity contribution is 0.0633. The maximum atomic E-state index is 12.4. The fraction of sp³-hybridized carbons (Fsp3) is 0.429. The van der Waals surface area contributed by atoms with Crippen molar-refractivity contribution in [1.29, 1.82) is 0 Å². The number of piperazine rings is 1. The topological polar surface area (TPSA) is 52.2 Å². The van der Waals surface area contributed by atoms with Crippen molar-refractivity contribution >= 4 is 16.9 Å². The van der Waals surface area contributed by atoms with E-state index in [4.69, 9.17) is 0 Å². The Morgan fingerprint density at radius 3 is 2.68 bits per heavy atom. The molecule has 1 aromatic heterocycles. The van der Waals surface area contributed by atoms with Crippen molar-refractivity contribution in [1.82, 2.24) is 19.8 Å². The normalized spacial score (nSPS) is 17.0. The number of aromatic amines is 1. The van der Waals surface area contributed by atoms with E-state index in [9.17, 15) is 4.79 Å². The molecule has 0 unspecified atom stereocenters. The molecule has 5 nitrogen and oxygen atoms in total. The average Bonchev–Trinajstić information content (AvgIpc) is 2.90. The molecular formula is C14H18N4O. The third-order valence-electron chi connectivity index (χ3n) is 3.70. The lowest BCUT2D eigenvalue weighted by Gasteiger charge is -2.33. The highest BCUT2D eigenvalue weighted by molar-refractivity contribution is 5.94. The second-order valence-corrected chi connectivity index (χ2v) is 4.83. The number of likely N-dealkylation sites (N-methyl/N-ethyl adjacent to an activating group) is 1. The molecule has 1 saturated heterocycles. The van der Waals surface area contributed by atoms with Crippen LogP contribution in [0.2, 0.25) is 0 Å². The van der Waals surface area contributed by atoms with E-state index in [2.05, 4.69) is 21.8 Å². The molecule has 1 aromatic carbocycles. The molecule has 1 fully saturated rings. The largest absolute Gasteiger partial charge is 0.334 e. The molecule has 1 amide bonds. The third-order valence-corrected chi connectivity index (χ3v) is 3.70. The molecule has 2 aromatic rings. The predicted molar refractivity (Wildman–Crippen MR) is 74.1 cm³/mol. The number of rotatable bonds is 2. The lowest BCUT2D eigenvalue weighted by Crippen LogP contribution is -2.48. The van der Waals surface area contributed by atoms with Crippen molar-refractivity contribution in [2.24, 2.45) is 0 Å². The number of carbonyl (C=O) groups excluding carboxylic acids is 1. The van der Waals surface area contributed by atoms with Crippen LogP contribution >= 0.6 is 0 Å². The number of fused-ring (bicyclic) bond motifs is 1. The lowest BCUT2D eigenvalue weighted by atomic mass is 10.3. The summed E-state index contributed by atoms with van der Waals surface area (Å²) in [6.45, 7) is 6.65. The summed E-state index contributed by atoms with van der Waals surface area (Å²) in [4.78, 5) is 24.1. The van der Waals surface area contributed by atoms with Gasteiger partial charge in [-0.25, -0.2) is 4.98 Å². The Bertz CT molecular complexity index is 551. The van der Waals surface area contributed by atoms with E-state index in [1.807, 2.05) is 29.2 Å². The zero-order chi connectivity index (χ0) is 13.2. The molecule has 0 saturated carbocycles. The van der Waals surface area contributed by atoms with Crippen molar-refractivity contribution in [2.75, 3.05) is 32.7 Å². The number of amides is 1. The summed E-state index contributed by atoms with van der Waals surface area (Å²) in [5, 5.41) is 0. The van der Waals surface area contributed by atoms with Gasteiger partial charge in [0.25, 0.3) is 5.91 Å². The molecule has 0 radical (unpaired) electrons. The van der Waals surface area contributed by atoms with Gasteiger partial charge in [0.15, 0.2) is 5.82 Å². The molecule has 19 heavy (non-hydrogen) atoms. The van der Waals surface area contributed by atoms with Gasteiger partial charge in [0.2, 0.25) is 0 Å². The van der Waals surface area contributed by atoms with Gasteiger partial charge in [-0.2, -0.15) is 0 Å². The van der Waals surface area contributed by atoms with Crippen molar-refractivity contribution in [2.45, 2.75) is 6.92 Å². The van der Waals surface area contributed by atoms with Crippen LogP contribution in [-0.2, 0) is 0 Å².